The van der Waals surface area contributed by atoms with Gasteiger partial charge in [-0.25, -0.2) is 0 Å². The minimum atomic E-state index is -1.81. The first-order chi connectivity index (χ1) is 8.23. The minimum absolute atomic E-state index is 0.308. The molecular weight excluding hydrogens is 278 g/mol. The molecule has 1 aromatic heterocycles. The van der Waals surface area contributed by atoms with E-state index in [1.165, 1.54) is 25.2 Å². The quantitative estimate of drug-likeness (QED) is 0.812. The van der Waals surface area contributed by atoms with Crippen LogP contribution in [0.4, 0.5) is 5.13 Å². The van der Waals surface area contributed by atoms with E-state index >= 15 is 0 Å². The maximum Gasteiger partial charge on any atom is 0.321 e. The van der Waals surface area contributed by atoms with Crippen LogP contribution in [0.5, 0.6) is 0 Å². The molecule has 1 unspecified atom stereocenters. The second-order valence-corrected chi connectivity index (χ2v) is 7.16. The number of rotatable bonds is 5. The van der Waals surface area contributed by atoms with Crippen molar-refractivity contribution in [2.45, 2.75) is 25.5 Å². The Labute approximate surface area is 110 Å². The van der Waals surface area contributed by atoms with Crippen molar-refractivity contribution in [3.63, 3.8) is 0 Å². The molecule has 1 amide bonds. The number of anilines is 1. The van der Waals surface area contributed by atoms with Crippen molar-refractivity contribution < 1.29 is 18.9 Å². The van der Waals surface area contributed by atoms with Crippen LogP contribution in [0.1, 0.15) is 18.9 Å². The van der Waals surface area contributed by atoms with E-state index in [4.69, 9.17) is 5.11 Å². The van der Waals surface area contributed by atoms with Gasteiger partial charge >= 0.3 is 5.97 Å². The first kappa shape index (κ1) is 14.7. The highest BCUT2D eigenvalue weighted by molar-refractivity contribution is 7.88. The van der Waals surface area contributed by atoms with Gasteiger partial charge in [-0.2, -0.15) is 0 Å². The number of aryl methyl sites for hydroxylation is 1. The van der Waals surface area contributed by atoms with E-state index in [9.17, 15) is 13.8 Å². The maximum atomic E-state index is 11.7. The number of carbonyl (C=O) groups is 2. The van der Waals surface area contributed by atoms with E-state index in [0.717, 1.165) is 0 Å². The molecule has 100 valence electrons. The Hall–Kier alpha value is -1.35. The highest BCUT2D eigenvalue weighted by Crippen LogP contribution is 2.16. The Morgan fingerprint density at radius 3 is 2.50 bits per heavy atom. The summed E-state index contributed by atoms with van der Waals surface area (Å²) in [6.45, 7) is 4.36. The number of aliphatic carboxylic acids is 1. The summed E-state index contributed by atoms with van der Waals surface area (Å²) < 4.78 is 10.3. The minimum Gasteiger partial charge on any atom is -0.480 e. The monoisotopic (exact) mass is 291 g/mol. The predicted molar refractivity (Wildman–Crippen MR) is 68.0 cm³/mol. The molecule has 1 aromatic rings. The van der Waals surface area contributed by atoms with Crippen molar-refractivity contribution in [1.29, 1.82) is 0 Å². The summed E-state index contributed by atoms with van der Waals surface area (Å²) >= 11 is 1.19. The lowest BCUT2D eigenvalue weighted by Gasteiger charge is -2.17. The zero-order valence-corrected chi connectivity index (χ0v) is 11.7. The van der Waals surface area contributed by atoms with Gasteiger partial charge in [-0.3, -0.25) is 19.1 Å². The molecule has 9 heteroatoms. The largest absolute Gasteiger partial charge is 0.480 e. The van der Waals surface area contributed by atoms with Gasteiger partial charge in [0.25, 0.3) is 0 Å². The topological polar surface area (TPSA) is 109 Å². The van der Waals surface area contributed by atoms with Crippen LogP contribution in [0, 0.1) is 6.92 Å². The lowest BCUT2D eigenvalue weighted by atomic mass is 10.2. The summed E-state index contributed by atoms with van der Waals surface area (Å²) in [5, 5.41) is 19.7. The standard InChI is InChI=1S/C9H13N3O4S2/c1-5-11-12-8(17-5)10-6(13)4-18(16)9(2,3)7(14)15/h4H2,1-3H3,(H,14,15)(H,10,12,13). The van der Waals surface area contributed by atoms with Crippen molar-refractivity contribution in [2.24, 2.45) is 0 Å². The molecule has 0 saturated heterocycles. The fourth-order valence-corrected chi connectivity index (χ4v) is 2.37. The zero-order valence-electron chi connectivity index (χ0n) is 10.1. The maximum absolute atomic E-state index is 11.7. The number of nitrogens with zero attached hydrogens (tertiary/aromatic N) is 2. The fraction of sp³-hybridized carbons (Fsp3) is 0.556. The highest BCUT2D eigenvalue weighted by atomic mass is 32.2. The summed E-state index contributed by atoms with van der Waals surface area (Å²) in [4.78, 5) is 22.4. The van der Waals surface area contributed by atoms with E-state index in [0.29, 0.717) is 10.1 Å². The molecule has 0 saturated carbocycles. The average Bonchev–Trinajstić information content (AvgIpc) is 2.63. The Morgan fingerprint density at radius 1 is 1.44 bits per heavy atom. The van der Waals surface area contributed by atoms with E-state index in [1.54, 1.807) is 6.92 Å². The van der Waals surface area contributed by atoms with Crippen molar-refractivity contribution in [1.82, 2.24) is 10.2 Å². The Balaban J connectivity index is 2.61. The summed E-state index contributed by atoms with van der Waals surface area (Å²) in [7, 11) is -1.81. The van der Waals surface area contributed by atoms with Crippen LogP contribution >= 0.6 is 11.3 Å². The van der Waals surface area contributed by atoms with Crippen LogP contribution in [-0.2, 0) is 20.4 Å². The number of carboxylic acids is 1. The smallest absolute Gasteiger partial charge is 0.321 e. The van der Waals surface area contributed by atoms with Crippen molar-refractivity contribution in [3.8, 4) is 0 Å². The third kappa shape index (κ3) is 3.57. The van der Waals surface area contributed by atoms with Crippen LogP contribution in [0.15, 0.2) is 0 Å². The van der Waals surface area contributed by atoms with Crippen molar-refractivity contribution in [2.75, 3.05) is 11.1 Å². The van der Waals surface area contributed by atoms with Crippen LogP contribution < -0.4 is 5.32 Å². The number of hydrogen-bond acceptors (Lipinski definition) is 6. The molecule has 0 spiro atoms. The molecule has 0 aliphatic rings. The second-order valence-electron chi connectivity index (χ2n) is 3.98. The van der Waals surface area contributed by atoms with E-state index in [1.807, 2.05) is 0 Å². The molecule has 1 heterocycles. The fourth-order valence-electron chi connectivity index (χ4n) is 0.899. The zero-order chi connectivity index (χ0) is 13.9. The van der Waals surface area contributed by atoms with Crippen LogP contribution in [0.3, 0.4) is 0 Å². The van der Waals surface area contributed by atoms with E-state index in [2.05, 4.69) is 15.5 Å². The molecule has 18 heavy (non-hydrogen) atoms. The molecule has 0 aliphatic heterocycles. The summed E-state index contributed by atoms with van der Waals surface area (Å²) in [5.74, 6) is -2.14. The van der Waals surface area contributed by atoms with E-state index in [-0.39, 0.29) is 0 Å². The van der Waals surface area contributed by atoms with Gasteiger partial charge in [-0.1, -0.05) is 11.3 Å². The van der Waals surface area contributed by atoms with Crippen LogP contribution in [0.25, 0.3) is 0 Å². The average molecular weight is 291 g/mol. The molecular formula is C9H13N3O4S2. The summed E-state index contributed by atoms with van der Waals surface area (Å²) in [5.41, 5.74) is 0. The Kier molecular flexibility index (Phi) is 4.52. The normalized spacial score (nSPS) is 13.1. The third-order valence-corrected chi connectivity index (χ3v) is 4.71. The molecule has 7 nitrogen and oxygen atoms in total. The SMILES string of the molecule is Cc1nnc(NC(=O)CS(=O)C(C)(C)C(=O)O)s1. The molecule has 0 radical (unpaired) electrons. The van der Waals surface area contributed by atoms with Gasteiger partial charge in [0.1, 0.15) is 15.5 Å². The molecule has 1 atom stereocenters. The number of hydrogen-bond donors (Lipinski definition) is 2. The molecule has 0 aliphatic carbocycles. The van der Waals surface area contributed by atoms with Crippen molar-refractivity contribution >= 4 is 39.1 Å². The van der Waals surface area contributed by atoms with Gasteiger partial charge in [-0.15, -0.1) is 10.2 Å². The van der Waals surface area contributed by atoms with Gasteiger partial charge in [0.2, 0.25) is 11.0 Å². The molecule has 0 aromatic carbocycles. The Morgan fingerprint density at radius 2 is 2.06 bits per heavy atom. The number of nitrogens with one attached hydrogen (secondary N) is 1. The van der Waals surface area contributed by atoms with Gasteiger partial charge in [-0.05, 0) is 20.8 Å². The van der Waals surface area contributed by atoms with Crippen LogP contribution in [0.2, 0.25) is 0 Å². The molecule has 2 N–H and O–H groups in total. The van der Waals surface area contributed by atoms with Crippen LogP contribution in [-0.4, -0.2) is 41.9 Å². The third-order valence-electron chi connectivity index (χ3n) is 2.12. The number of amides is 1. The number of aromatic nitrogens is 2. The highest BCUT2D eigenvalue weighted by Gasteiger charge is 2.35. The van der Waals surface area contributed by atoms with Gasteiger partial charge in [0, 0.05) is 10.8 Å². The first-order valence-corrected chi connectivity index (χ1v) is 7.09. The lowest BCUT2D eigenvalue weighted by molar-refractivity contribution is -0.139. The predicted octanol–water partition coefficient (Wildman–Crippen LogP) is 0.397. The molecule has 0 fully saturated rings. The number of carbonyl (C=O) groups excluding carboxylic acids is 1. The summed E-state index contributed by atoms with van der Waals surface area (Å²) in [6.07, 6.45) is 0. The van der Waals surface area contributed by atoms with Gasteiger partial charge in [0.15, 0.2) is 0 Å². The van der Waals surface area contributed by atoms with E-state index < -0.39 is 33.2 Å². The summed E-state index contributed by atoms with van der Waals surface area (Å²) in [6, 6.07) is 0. The lowest BCUT2D eigenvalue weighted by Crippen LogP contribution is -2.40. The molecule has 0 bridgehead atoms. The van der Waals surface area contributed by atoms with Gasteiger partial charge < -0.3 is 5.11 Å². The first-order valence-electron chi connectivity index (χ1n) is 4.95. The second kappa shape index (κ2) is 5.53. The van der Waals surface area contributed by atoms with Crippen molar-refractivity contribution in [3.05, 3.63) is 5.01 Å². The number of carboxylic acid groups (broad SMARTS) is 1. The van der Waals surface area contributed by atoms with Gasteiger partial charge in [0.05, 0.1) is 0 Å². The molecule has 1 rings (SSSR count). The Bertz CT molecular complexity index is 498.